The molecule has 0 spiro atoms. The molecule has 4 aliphatic carbocycles. The summed E-state index contributed by atoms with van der Waals surface area (Å²) >= 11 is 6.21. The largest absolute Gasteiger partial charge is 0.395 e. The zero-order chi connectivity index (χ0) is 22.1. The van der Waals surface area contributed by atoms with Gasteiger partial charge in [0.25, 0.3) is 0 Å². The minimum Gasteiger partial charge on any atom is -0.395 e. The highest BCUT2D eigenvalue weighted by Crippen LogP contribution is 2.60. The second kappa shape index (κ2) is 9.12. The van der Waals surface area contributed by atoms with E-state index in [9.17, 15) is 9.50 Å². The van der Waals surface area contributed by atoms with Gasteiger partial charge in [0.2, 0.25) is 5.95 Å². The van der Waals surface area contributed by atoms with Crippen molar-refractivity contribution in [3.8, 4) is 0 Å². The van der Waals surface area contributed by atoms with Crippen LogP contribution in [0.15, 0.2) is 30.5 Å². The Morgan fingerprint density at radius 1 is 1.12 bits per heavy atom. The summed E-state index contributed by atoms with van der Waals surface area (Å²) in [6.45, 7) is 2.07. The molecule has 1 unspecified atom stereocenters. The van der Waals surface area contributed by atoms with Crippen molar-refractivity contribution in [3.05, 3.63) is 46.9 Å². The maximum atomic E-state index is 14.5. The van der Waals surface area contributed by atoms with Crippen LogP contribution in [0.4, 0.5) is 16.2 Å². The normalized spacial score (nSPS) is 30.5. The molecule has 4 fully saturated rings. The van der Waals surface area contributed by atoms with Gasteiger partial charge in [0.15, 0.2) is 11.6 Å². The highest BCUT2D eigenvalue weighted by Gasteiger charge is 2.54. The van der Waals surface area contributed by atoms with Gasteiger partial charge in [0, 0.05) is 30.7 Å². The third-order valence-electron chi connectivity index (χ3n) is 7.66. The van der Waals surface area contributed by atoms with Crippen molar-refractivity contribution in [2.24, 2.45) is 23.2 Å². The first-order valence-corrected chi connectivity index (χ1v) is 12.0. The van der Waals surface area contributed by atoms with Crippen molar-refractivity contribution in [1.82, 2.24) is 15.3 Å². The highest BCUT2D eigenvalue weighted by molar-refractivity contribution is 6.31. The average molecular weight is 460 g/mol. The molecule has 1 aromatic heterocycles. The van der Waals surface area contributed by atoms with Crippen molar-refractivity contribution in [2.75, 3.05) is 30.3 Å². The number of benzene rings is 1. The highest BCUT2D eigenvalue weighted by atomic mass is 35.5. The Bertz CT molecular complexity index is 944. The molecule has 4 N–H and O–H groups in total. The molecular formula is C24H31ClFN5O. The number of aliphatic hydroxyl groups is 1. The summed E-state index contributed by atoms with van der Waals surface area (Å²) in [6.07, 6.45) is 7.29. The summed E-state index contributed by atoms with van der Waals surface area (Å²) in [6, 6.07) is 8.11. The predicted molar refractivity (Wildman–Crippen MR) is 124 cm³/mol. The molecule has 6 rings (SSSR count). The summed E-state index contributed by atoms with van der Waals surface area (Å²) in [5.41, 5.74) is 1.14. The quantitative estimate of drug-likeness (QED) is 0.452. The number of rotatable bonds is 9. The standard InChI is InChI=1S/C24H31ClFN5O/c25-19-4-2-1-3-16(19)12-28-23-29-13-20(26)22(31-23)30-14-24-9-15-7-17(10-24)21(27-5-6-32)18(8-15)11-24/h1-4,13,15,17-18,21,27,32H,5-12,14H2,(H2,28,29,30,31)/t15?,17-,18+,21-,24-. The molecule has 5 atom stereocenters. The fourth-order valence-corrected chi connectivity index (χ4v) is 6.84. The average Bonchev–Trinajstić information content (AvgIpc) is 2.78. The van der Waals surface area contributed by atoms with E-state index in [4.69, 9.17) is 11.6 Å². The van der Waals surface area contributed by atoms with E-state index >= 15 is 0 Å². The van der Waals surface area contributed by atoms with Crippen LogP contribution in [0.2, 0.25) is 5.02 Å². The molecule has 0 amide bonds. The van der Waals surface area contributed by atoms with Crippen LogP contribution in [0.5, 0.6) is 0 Å². The third kappa shape index (κ3) is 4.43. The van der Waals surface area contributed by atoms with E-state index < -0.39 is 5.82 Å². The molecule has 1 aromatic carbocycles. The van der Waals surface area contributed by atoms with Gasteiger partial charge in [-0.25, -0.2) is 9.37 Å². The Hall–Kier alpha value is -1.96. The Morgan fingerprint density at radius 3 is 2.66 bits per heavy atom. The topological polar surface area (TPSA) is 82.1 Å². The van der Waals surface area contributed by atoms with E-state index in [1.54, 1.807) is 0 Å². The first-order chi connectivity index (χ1) is 15.5. The Morgan fingerprint density at radius 2 is 1.91 bits per heavy atom. The van der Waals surface area contributed by atoms with Gasteiger partial charge in [-0.15, -0.1) is 0 Å². The monoisotopic (exact) mass is 459 g/mol. The lowest BCUT2D eigenvalue weighted by molar-refractivity contribution is -0.0698. The van der Waals surface area contributed by atoms with Crippen LogP contribution in [0, 0.1) is 29.0 Å². The van der Waals surface area contributed by atoms with E-state index in [1.807, 2.05) is 24.3 Å². The molecule has 0 radical (unpaired) electrons. The molecule has 2 aromatic rings. The molecule has 0 saturated heterocycles. The number of aromatic nitrogens is 2. The van der Waals surface area contributed by atoms with E-state index in [1.165, 1.54) is 25.5 Å². The maximum absolute atomic E-state index is 14.5. The molecule has 4 aliphatic rings. The van der Waals surface area contributed by atoms with Crippen LogP contribution in [0.3, 0.4) is 0 Å². The van der Waals surface area contributed by atoms with Crippen molar-refractivity contribution < 1.29 is 9.50 Å². The van der Waals surface area contributed by atoms with Gasteiger partial charge in [-0.05, 0) is 66.9 Å². The molecule has 4 saturated carbocycles. The lowest BCUT2D eigenvalue weighted by Crippen LogP contribution is -2.60. The number of nitrogens with one attached hydrogen (secondary N) is 3. The zero-order valence-electron chi connectivity index (χ0n) is 18.2. The fourth-order valence-electron chi connectivity index (χ4n) is 6.64. The summed E-state index contributed by atoms with van der Waals surface area (Å²) in [4.78, 5) is 8.49. The van der Waals surface area contributed by atoms with Gasteiger partial charge in [0.05, 0.1) is 12.8 Å². The van der Waals surface area contributed by atoms with Crippen molar-refractivity contribution in [1.29, 1.82) is 0 Å². The molecule has 1 heterocycles. The van der Waals surface area contributed by atoms with Crippen molar-refractivity contribution in [3.63, 3.8) is 0 Å². The molecule has 0 aliphatic heterocycles. The van der Waals surface area contributed by atoms with Gasteiger partial charge in [-0.1, -0.05) is 29.8 Å². The number of nitrogens with zero attached hydrogens (tertiary/aromatic N) is 2. The van der Waals surface area contributed by atoms with Crippen LogP contribution < -0.4 is 16.0 Å². The summed E-state index contributed by atoms with van der Waals surface area (Å²) in [7, 11) is 0. The minimum absolute atomic E-state index is 0.186. The van der Waals surface area contributed by atoms with E-state index in [0.29, 0.717) is 41.9 Å². The van der Waals surface area contributed by atoms with E-state index in [0.717, 1.165) is 30.9 Å². The number of hydrogen-bond donors (Lipinski definition) is 4. The summed E-state index contributed by atoms with van der Waals surface area (Å²) < 4.78 is 14.5. The van der Waals surface area contributed by atoms with Crippen molar-refractivity contribution >= 4 is 23.4 Å². The Balaban J connectivity index is 1.23. The molecule has 6 nitrogen and oxygen atoms in total. The first kappa shape index (κ1) is 21.9. The summed E-state index contributed by atoms with van der Waals surface area (Å²) in [5.74, 6) is 2.28. The Labute approximate surface area is 193 Å². The van der Waals surface area contributed by atoms with Gasteiger partial charge < -0.3 is 21.1 Å². The molecule has 32 heavy (non-hydrogen) atoms. The van der Waals surface area contributed by atoms with Crippen molar-refractivity contribution in [2.45, 2.75) is 44.7 Å². The smallest absolute Gasteiger partial charge is 0.225 e. The van der Waals surface area contributed by atoms with Gasteiger partial charge in [-0.3, -0.25) is 0 Å². The molecule has 8 heteroatoms. The number of hydrogen-bond acceptors (Lipinski definition) is 6. The van der Waals surface area contributed by atoms with Gasteiger partial charge in [0.1, 0.15) is 0 Å². The maximum Gasteiger partial charge on any atom is 0.225 e. The fraction of sp³-hybridized carbons (Fsp3) is 0.583. The third-order valence-corrected chi connectivity index (χ3v) is 8.03. The van der Waals surface area contributed by atoms with E-state index in [-0.39, 0.29) is 17.8 Å². The van der Waals surface area contributed by atoms with Crippen LogP contribution >= 0.6 is 11.6 Å². The zero-order valence-corrected chi connectivity index (χ0v) is 18.9. The van der Waals surface area contributed by atoms with Crippen LogP contribution in [-0.4, -0.2) is 40.8 Å². The van der Waals surface area contributed by atoms with Gasteiger partial charge >= 0.3 is 0 Å². The Kier molecular flexibility index (Phi) is 6.23. The lowest BCUT2D eigenvalue weighted by atomic mass is 9.48. The van der Waals surface area contributed by atoms with Crippen LogP contribution in [-0.2, 0) is 6.54 Å². The molecule has 172 valence electrons. The van der Waals surface area contributed by atoms with Crippen LogP contribution in [0.1, 0.15) is 37.7 Å². The van der Waals surface area contributed by atoms with Crippen LogP contribution in [0.25, 0.3) is 0 Å². The van der Waals surface area contributed by atoms with E-state index in [2.05, 4.69) is 25.9 Å². The lowest BCUT2D eigenvalue weighted by Gasteiger charge is -2.60. The number of aliphatic hydroxyl groups excluding tert-OH is 1. The minimum atomic E-state index is -0.430. The van der Waals surface area contributed by atoms with Gasteiger partial charge in [-0.2, -0.15) is 4.98 Å². The predicted octanol–water partition coefficient (Wildman–Crippen LogP) is 4.07. The second-order valence-corrected chi connectivity index (χ2v) is 10.3. The second-order valence-electron chi connectivity index (χ2n) is 9.86. The number of anilines is 2. The SMILES string of the molecule is OCCN[C@@H]1[C@@H]2CC3C[C@H]1C[C@@](CNc1nc(NCc4ccccc4Cl)ncc1F)(C3)C2. The first-order valence-electron chi connectivity index (χ1n) is 11.6. The summed E-state index contributed by atoms with van der Waals surface area (Å²) in [5, 5.41) is 19.9. The number of halogens is 2. The molecule has 4 bridgehead atoms. The molecular weight excluding hydrogens is 429 g/mol.